The van der Waals surface area contributed by atoms with Crippen LogP contribution in [0.3, 0.4) is 0 Å². The number of halogens is 3. The fourth-order valence-corrected chi connectivity index (χ4v) is 3.83. The maximum atomic E-state index is 6.34. The monoisotopic (exact) mass is 394 g/mol. The summed E-state index contributed by atoms with van der Waals surface area (Å²) in [5.41, 5.74) is 1.60. The molecule has 1 unspecified atom stereocenters. The summed E-state index contributed by atoms with van der Waals surface area (Å²) >= 11 is 13.5. The predicted molar refractivity (Wildman–Crippen MR) is 88.9 cm³/mol. The third-order valence-corrected chi connectivity index (χ3v) is 5.71. The van der Waals surface area contributed by atoms with E-state index in [1.165, 1.54) is 31.2 Å². The van der Waals surface area contributed by atoms with Crippen molar-refractivity contribution in [2.75, 3.05) is 5.33 Å². The molecule has 1 rings (SSSR count). The van der Waals surface area contributed by atoms with E-state index in [0.29, 0.717) is 5.41 Å². The standard InChI is InChI=1S/C15H21Br2Cl/c1-3-5-8-15(4-2,11-16)10-12-6-7-13(17)9-14(12)18/h6-7,9H,3-5,8,10-11H2,1-2H3. The largest absolute Gasteiger partial charge is 0.0922 e. The van der Waals surface area contributed by atoms with Crippen LogP contribution in [-0.2, 0) is 6.42 Å². The maximum Gasteiger partial charge on any atom is 0.0449 e. The Morgan fingerprint density at radius 2 is 2.00 bits per heavy atom. The highest BCUT2D eigenvalue weighted by Gasteiger charge is 2.27. The normalized spacial score (nSPS) is 14.5. The lowest BCUT2D eigenvalue weighted by molar-refractivity contribution is 0.284. The molecule has 1 atom stereocenters. The average molecular weight is 397 g/mol. The summed E-state index contributed by atoms with van der Waals surface area (Å²) in [6.07, 6.45) is 6.04. The zero-order chi connectivity index (χ0) is 13.6. The summed E-state index contributed by atoms with van der Waals surface area (Å²) in [5.74, 6) is 0. The Bertz CT molecular complexity index is 373. The Hall–Kier alpha value is 0.470. The Labute approximate surface area is 133 Å². The topological polar surface area (TPSA) is 0 Å². The molecule has 1 aromatic rings. The SMILES string of the molecule is CCCCC(CC)(CBr)Cc1ccc(Br)cc1Cl. The summed E-state index contributed by atoms with van der Waals surface area (Å²) in [5, 5.41) is 1.92. The van der Waals surface area contributed by atoms with Crippen molar-refractivity contribution in [2.24, 2.45) is 5.41 Å². The van der Waals surface area contributed by atoms with Crippen LogP contribution in [0.2, 0.25) is 5.02 Å². The molecule has 0 fully saturated rings. The highest BCUT2D eigenvalue weighted by Crippen LogP contribution is 2.37. The quantitative estimate of drug-likeness (QED) is 0.454. The zero-order valence-electron chi connectivity index (χ0n) is 11.1. The van der Waals surface area contributed by atoms with Crippen molar-refractivity contribution in [1.29, 1.82) is 0 Å². The van der Waals surface area contributed by atoms with Crippen molar-refractivity contribution in [1.82, 2.24) is 0 Å². The van der Waals surface area contributed by atoms with Crippen LogP contribution in [0.5, 0.6) is 0 Å². The van der Waals surface area contributed by atoms with Crippen molar-refractivity contribution in [3.63, 3.8) is 0 Å². The Balaban J connectivity index is 2.88. The summed E-state index contributed by atoms with van der Waals surface area (Å²) in [4.78, 5) is 0. The maximum absolute atomic E-state index is 6.34. The van der Waals surface area contributed by atoms with Gasteiger partial charge in [-0.3, -0.25) is 0 Å². The first kappa shape index (κ1) is 16.5. The zero-order valence-corrected chi connectivity index (χ0v) is 15.0. The van der Waals surface area contributed by atoms with E-state index in [0.717, 1.165) is 21.2 Å². The first-order valence-electron chi connectivity index (χ1n) is 6.57. The van der Waals surface area contributed by atoms with Crippen LogP contribution >= 0.6 is 43.5 Å². The Morgan fingerprint density at radius 3 is 2.50 bits per heavy atom. The van der Waals surface area contributed by atoms with E-state index in [1.807, 2.05) is 6.07 Å². The van der Waals surface area contributed by atoms with Crippen molar-refractivity contribution in [3.8, 4) is 0 Å². The van der Waals surface area contributed by atoms with Gasteiger partial charge in [-0.25, -0.2) is 0 Å². The summed E-state index contributed by atoms with van der Waals surface area (Å²) in [6.45, 7) is 4.53. The minimum absolute atomic E-state index is 0.341. The molecule has 18 heavy (non-hydrogen) atoms. The first-order chi connectivity index (χ1) is 8.56. The van der Waals surface area contributed by atoms with Gasteiger partial charge in [0.15, 0.2) is 0 Å². The summed E-state index contributed by atoms with van der Waals surface area (Å²) in [6, 6.07) is 6.21. The highest BCUT2D eigenvalue weighted by atomic mass is 79.9. The van der Waals surface area contributed by atoms with Gasteiger partial charge in [0.25, 0.3) is 0 Å². The number of benzene rings is 1. The molecule has 0 amide bonds. The third-order valence-electron chi connectivity index (χ3n) is 3.67. The van der Waals surface area contributed by atoms with Gasteiger partial charge >= 0.3 is 0 Å². The van der Waals surface area contributed by atoms with Crippen molar-refractivity contribution in [3.05, 3.63) is 33.3 Å². The molecule has 3 heteroatoms. The van der Waals surface area contributed by atoms with Crippen LogP contribution in [0.4, 0.5) is 0 Å². The molecule has 0 bridgehead atoms. The van der Waals surface area contributed by atoms with Crippen LogP contribution in [0.1, 0.15) is 45.1 Å². The number of hydrogen-bond donors (Lipinski definition) is 0. The molecule has 0 heterocycles. The molecule has 0 saturated heterocycles. The lowest BCUT2D eigenvalue weighted by Gasteiger charge is -2.31. The number of hydrogen-bond acceptors (Lipinski definition) is 0. The van der Waals surface area contributed by atoms with E-state index in [9.17, 15) is 0 Å². The molecule has 0 radical (unpaired) electrons. The number of unbranched alkanes of at least 4 members (excludes halogenated alkanes) is 1. The second-order valence-electron chi connectivity index (χ2n) is 5.00. The van der Waals surface area contributed by atoms with Gasteiger partial charge in [-0.2, -0.15) is 0 Å². The molecule has 0 aliphatic heterocycles. The minimum atomic E-state index is 0.341. The molecule has 102 valence electrons. The molecule has 0 saturated carbocycles. The van der Waals surface area contributed by atoms with Crippen molar-refractivity contribution < 1.29 is 0 Å². The molecular formula is C15H21Br2Cl. The summed E-state index contributed by atoms with van der Waals surface area (Å²) in [7, 11) is 0. The van der Waals surface area contributed by atoms with Crippen molar-refractivity contribution in [2.45, 2.75) is 46.0 Å². The van der Waals surface area contributed by atoms with E-state index in [2.05, 4.69) is 57.8 Å². The van der Waals surface area contributed by atoms with E-state index in [1.54, 1.807) is 0 Å². The van der Waals surface area contributed by atoms with Crippen LogP contribution < -0.4 is 0 Å². The van der Waals surface area contributed by atoms with Gasteiger partial charge in [0, 0.05) is 14.8 Å². The van der Waals surface area contributed by atoms with E-state index < -0.39 is 0 Å². The average Bonchev–Trinajstić information content (AvgIpc) is 2.37. The second-order valence-corrected chi connectivity index (χ2v) is 6.89. The van der Waals surface area contributed by atoms with Gasteiger partial charge in [-0.05, 0) is 42.4 Å². The van der Waals surface area contributed by atoms with E-state index >= 15 is 0 Å². The molecule has 0 N–H and O–H groups in total. The third kappa shape index (κ3) is 4.54. The summed E-state index contributed by atoms with van der Waals surface area (Å²) < 4.78 is 1.05. The van der Waals surface area contributed by atoms with Gasteiger partial charge in [0.05, 0.1) is 0 Å². The number of alkyl halides is 1. The minimum Gasteiger partial charge on any atom is -0.0922 e. The fraction of sp³-hybridized carbons (Fsp3) is 0.600. The van der Waals surface area contributed by atoms with Gasteiger partial charge < -0.3 is 0 Å². The van der Waals surface area contributed by atoms with E-state index in [4.69, 9.17) is 11.6 Å². The van der Waals surface area contributed by atoms with Crippen LogP contribution in [0.15, 0.2) is 22.7 Å². The number of rotatable bonds is 7. The molecule has 0 aliphatic carbocycles. The highest BCUT2D eigenvalue weighted by molar-refractivity contribution is 9.10. The molecule has 0 aromatic heterocycles. The smallest absolute Gasteiger partial charge is 0.0449 e. The molecule has 0 aliphatic rings. The first-order valence-corrected chi connectivity index (χ1v) is 8.86. The second kappa shape index (κ2) is 7.91. The Kier molecular flexibility index (Phi) is 7.27. The Morgan fingerprint density at radius 1 is 1.28 bits per heavy atom. The van der Waals surface area contributed by atoms with Crippen molar-refractivity contribution >= 4 is 43.5 Å². The van der Waals surface area contributed by atoms with Crippen LogP contribution in [-0.4, -0.2) is 5.33 Å². The molecule has 1 aromatic carbocycles. The lowest BCUT2D eigenvalue weighted by Crippen LogP contribution is -2.25. The van der Waals surface area contributed by atoms with Crippen LogP contribution in [0, 0.1) is 5.41 Å². The fourth-order valence-electron chi connectivity index (χ4n) is 2.22. The molecule has 0 nitrogen and oxygen atoms in total. The van der Waals surface area contributed by atoms with Gasteiger partial charge in [0.2, 0.25) is 0 Å². The van der Waals surface area contributed by atoms with Gasteiger partial charge in [-0.1, -0.05) is 76.2 Å². The molecular weight excluding hydrogens is 375 g/mol. The predicted octanol–water partition coefficient (Wildman–Crippen LogP) is 6.63. The van der Waals surface area contributed by atoms with E-state index in [-0.39, 0.29) is 0 Å². The van der Waals surface area contributed by atoms with Crippen LogP contribution in [0.25, 0.3) is 0 Å². The lowest BCUT2D eigenvalue weighted by atomic mass is 9.77. The van der Waals surface area contributed by atoms with Gasteiger partial charge in [0.1, 0.15) is 0 Å². The van der Waals surface area contributed by atoms with Gasteiger partial charge in [-0.15, -0.1) is 0 Å². The molecule has 0 spiro atoms.